The molecule has 1 atom stereocenters. The molecule has 86 valence electrons. The van der Waals surface area contributed by atoms with E-state index in [2.05, 4.69) is 41.4 Å². The molecule has 3 rings (SSSR count). The smallest absolute Gasteiger partial charge is 0.0449 e. The van der Waals surface area contributed by atoms with Crippen molar-refractivity contribution >= 4 is 0 Å². The van der Waals surface area contributed by atoms with Gasteiger partial charge in [0.05, 0.1) is 0 Å². The van der Waals surface area contributed by atoms with Gasteiger partial charge in [0.2, 0.25) is 0 Å². The van der Waals surface area contributed by atoms with E-state index >= 15 is 0 Å². The normalized spacial score (nSPS) is 26.9. The minimum atomic E-state index is 0.537. The fourth-order valence-corrected chi connectivity index (χ4v) is 2.57. The largest absolute Gasteiger partial charge is 0.308 e. The van der Waals surface area contributed by atoms with Crippen molar-refractivity contribution in [1.29, 1.82) is 0 Å². The summed E-state index contributed by atoms with van der Waals surface area (Å²) in [6.45, 7) is 5.70. The first-order valence-corrected chi connectivity index (χ1v) is 6.37. The molecule has 0 aromatic heterocycles. The maximum Gasteiger partial charge on any atom is 0.0449 e. The van der Waals surface area contributed by atoms with Crippen molar-refractivity contribution in [2.75, 3.05) is 19.6 Å². The maximum atomic E-state index is 3.63. The summed E-state index contributed by atoms with van der Waals surface area (Å²) < 4.78 is 0. The lowest BCUT2D eigenvalue weighted by molar-refractivity contribution is 0.192. The lowest BCUT2D eigenvalue weighted by Crippen LogP contribution is -2.46. The van der Waals surface area contributed by atoms with E-state index in [0.29, 0.717) is 6.04 Å². The van der Waals surface area contributed by atoms with Crippen molar-refractivity contribution in [1.82, 2.24) is 10.2 Å². The Balaban J connectivity index is 1.71. The van der Waals surface area contributed by atoms with Crippen LogP contribution in [-0.2, 0) is 0 Å². The molecule has 16 heavy (non-hydrogen) atoms. The van der Waals surface area contributed by atoms with E-state index in [1.54, 1.807) is 0 Å². The standard InChI is InChI=1S/C14H20N2/c1-11-2-4-12(5-3-11)14-10-16(9-8-15-14)13-6-7-13/h2-5,13-15H,6-10H2,1H3/t14-/m0/s1. The highest BCUT2D eigenvalue weighted by atomic mass is 15.2. The van der Waals surface area contributed by atoms with E-state index < -0.39 is 0 Å². The van der Waals surface area contributed by atoms with Crippen LogP contribution in [0.5, 0.6) is 0 Å². The third-order valence-corrected chi connectivity index (χ3v) is 3.75. The van der Waals surface area contributed by atoms with Crippen molar-refractivity contribution in [3.63, 3.8) is 0 Å². The number of benzene rings is 1. The number of aryl methyl sites for hydroxylation is 1. The van der Waals surface area contributed by atoms with Gasteiger partial charge in [0, 0.05) is 31.7 Å². The monoisotopic (exact) mass is 216 g/mol. The Kier molecular flexibility index (Phi) is 2.70. The Morgan fingerprint density at radius 2 is 1.94 bits per heavy atom. The molecule has 1 N–H and O–H groups in total. The second kappa shape index (κ2) is 4.19. The number of nitrogens with one attached hydrogen (secondary N) is 1. The number of hydrogen-bond acceptors (Lipinski definition) is 2. The van der Waals surface area contributed by atoms with Crippen LogP contribution in [0.15, 0.2) is 24.3 Å². The Bertz CT molecular complexity index is 354. The maximum absolute atomic E-state index is 3.63. The van der Waals surface area contributed by atoms with Crippen molar-refractivity contribution < 1.29 is 0 Å². The molecule has 1 saturated heterocycles. The molecule has 2 aliphatic rings. The van der Waals surface area contributed by atoms with Gasteiger partial charge in [-0.05, 0) is 25.3 Å². The van der Waals surface area contributed by atoms with Crippen molar-refractivity contribution in [2.24, 2.45) is 0 Å². The first-order chi connectivity index (χ1) is 7.83. The highest BCUT2D eigenvalue weighted by molar-refractivity contribution is 5.24. The van der Waals surface area contributed by atoms with Crippen LogP contribution < -0.4 is 5.32 Å². The van der Waals surface area contributed by atoms with E-state index in [9.17, 15) is 0 Å². The molecule has 1 heterocycles. The summed E-state index contributed by atoms with van der Waals surface area (Å²) in [4.78, 5) is 2.65. The molecule has 0 spiro atoms. The summed E-state index contributed by atoms with van der Waals surface area (Å²) in [5.74, 6) is 0. The van der Waals surface area contributed by atoms with Gasteiger partial charge >= 0.3 is 0 Å². The zero-order chi connectivity index (χ0) is 11.0. The number of piperazine rings is 1. The third kappa shape index (κ3) is 2.13. The zero-order valence-corrected chi connectivity index (χ0v) is 9.95. The summed E-state index contributed by atoms with van der Waals surface area (Å²) in [5, 5.41) is 3.63. The van der Waals surface area contributed by atoms with E-state index in [1.807, 2.05) is 0 Å². The predicted molar refractivity (Wildman–Crippen MR) is 66.5 cm³/mol. The van der Waals surface area contributed by atoms with E-state index in [1.165, 1.54) is 37.1 Å². The van der Waals surface area contributed by atoms with Gasteiger partial charge in [-0.15, -0.1) is 0 Å². The van der Waals surface area contributed by atoms with E-state index in [-0.39, 0.29) is 0 Å². The molecule has 1 aliphatic heterocycles. The molecular weight excluding hydrogens is 196 g/mol. The number of nitrogens with zero attached hydrogens (tertiary/aromatic N) is 1. The van der Waals surface area contributed by atoms with Gasteiger partial charge in [0.15, 0.2) is 0 Å². The lowest BCUT2D eigenvalue weighted by Gasteiger charge is -2.34. The number of rotatable bonds is 2. The molecule has 2 nitrogen and oxygen atoms in total. The summed E-state index contributed by atoms with van der Waals surface area (Å²) in [7, 11) is 0. The molecular formula is C14H20N2. The predicted octanol–water partition coefficient (Wildman–Crippen LogP) is 2.10. The summed E-state index contributed by atoms with van der Waals surface area (Å²) in [6, 6.07) is 10.4. The van der Waals surface area contributed by atoms with Gasteiger partial charge in [0.1, 0.15) is 0 Å². The highest BCUT2D eigenvalue weighted by Gasteiger charge is 2.32. The SMILES string of the molecule is Cc1ccc([C@@H]2CN(C3CC3)CCN2)cc1. The topological polar surface area (TPSA) is 15.3 Å². The Morgan fingerprint density at radius 1 is 1.19 bits per heavy atom. The summed E-state index contributed by atoms with van der Waals surface area (Å²) in [6.07, 6.45) is 2.83. The molecule has 0 unspecified atom stereocenters. The average Bonchev–Trinajstić information content (AvgIpc) is 3.14. The van der Waals surface area contributed by atoms with Gasteiger partial charge < -0.3 is 5.32 Å². The first kappa shape index (κ1) is 10.3. The fourth-order valence-electron chi connectivity index (χ4n) is 2.57. The zero-order valence-electron chi connectivity index (χ0n) is 9.95. The van der Waals surface area contributed by atoms with Crippen LogP contribution >= 0.6 is 0 Å². The summed E-state index contributed by atoms with van der Waals surface area (Å²) in [5.41, 5.74) is 2.79. The molecule has 2 heteroatoms. The van der Waals surface area contributed by atoms with Crippen LogP contribution in [0.3, 0.4) is 0 Å². The van der Waals surface area contributed by atoms with Crippen molar-refractivity contribution in [3.8, 4) is 0 Å². The van der Waals surface area contributed by atoms with E-state index in [0.717, 1.165) is 12.6 Å². The highest BCUT2D eigenvalue weighted by Crippen LogP contribution is 2.30. The fraction of sp³-hybridized carbons (Fsp3) is 0.571. The van der Waals surface area contributed by atoms with Crippen LogP contribution in [-0.4, -0.2) is 30.6 Å². The van der Waals surface area contributed by atoms with Crippen LogP contribution in [0.4, 0.5) is 0 Å². The van der Waals surface area contributed by atoms with Gasteiger partial charge in [-0.3, -0.25) is 4.90 Å². The average molecular weight is 216 g/mol. The molecule has 0 amide bonds. The lowest BCUT2D eigenvalue weighted by atomic mass is 10.0. The Hall–Kier alpha value is -0.860. The van der Waals surface area contributed by atoms with Gasteiger partial charge in [-0.25, -0.2) is 0 Å². The molecule has 0 bridgehead atoms. The molecule has 1 aliphatic carbocycles. The van der Waals surface area contributed by atoms with Gasteiger partial charge in [0.25, 0.3) is 0 Å². The molecule has 1 aromatic carbocycles. The Labute approximate surface area is 97.6 Å². The molecule has 0 radical (unpaired) electrons. The van der Waals surface area contributed by atoms with Gasteiger partial charge in [-0.2, -0.15) is 0 Å². The van der Waals surface area contributed by atoms with Gasteiger partial charge in [-0.1, -0.05) is 29.8 Å². The van der Waals surface area contributed by atoms with E-state index in [4.69, 9.17) is 0 Å². The minimum absolute atomic E-state index is 0.537. The minimum Gasteiger partial charge on any atom is -0.308 e. The number of hydrogen-bond donors (Lipinski definition) is 1. The van der Waals surface area contributed by atoms with Crippen LogP contribution in [0.1, 0.15) is 30.0 Å². The second-order valence-corrected chi connectivity index (χ2v) is 5.14. The van der Waals surface area contributed by atoms with Crippen LogP contribution in [0, 0.1) is 6.92 Å². The molecule has 1 saturated carbocycles. The van der Waals surface area contributed by atoms with Crippen molar-refractivity contribution in [3.05, 3.63) is 35.4 Å². The second-order valence-electron chi connectivity index (χ2n) is 5.14. The quantitative estimate of drug-likeness (QED) is 0.814. The van der Waals surface area contributed by atoms with Crippen LogP contribution in [0.25, 0.3) is 0 Å². The molecule has 1 aromatic rings. The van der Waals surface area contributed by atoms with Crippen molar-refractivity contribution in [2.45, 2.75) is 31.8 Å². The molecule has 2 fully saturated rings. The third-order valence-electron chi connectivity index (χ3n) is 3.75. The first-order valence-electron chi connectivity index (χ1n) is 6.37. The van der Waals surface area contributed by atoms with Crippen LogP contribution in [0.2, 0.25) is 0 Å². The summed E-state index contributed by atoms with van der Waals surface area (Å²) >= 11 is 0. The Morgan fingerprint density at radius 3 is 2.62 bits per heavy atom.